The normalized spacial score (nSPS) is 10.9. The first-order chi connectivity index (χ1) is 8.10. The molecule has 1 rings (SSSR count). The standard InChI is InChI=1S/C14H23BrN2/c1-5-8-17(11(2)3)13-7-6-12(10-16-4)14(15)9-13/h6-7,9,11,16H,5,8,10H2,1-4H3. The zero-order valence-electron chi connectivity index (χ0n) is 11.3. The van der Waals surface area contributed by atoms with E-state index in [2.05, 4.69) is 65.1 Å². The molecule has 0 heterocycles. The predicted octanol–water partition coefficient (Wildman–Crippen LogP) is 3.79. The average Bonchev–Trinajstić information content (AvgIpc) is 2.28. The smallest absolute Gasteiger partial charge is 0.0380 e. The Balaban J connectivity index is 2.93. The highest BCUT2D eigenvalue weighted by atomic mass is 79.9. The van der Waals surface area contributed by atoms with Gasteiger partial charge in [-0.15, -0.1) is 0 Å². The van der Waals surface area contributed by atoms with E-state index in [9.17, 15) is 0 Å². The van der Waals surface area contributed by atoms with Gasteiger partial charge >= 0.3 is 0 Å². The van der Waals surface area contributed by atoms with Crippen LogP contribution >= 0.6 is 15.9 Å². The summed E-state index contributed by atoms with van der Waals surface area (Å²) in [6.45, 7) is 8.71. The third-order valence-electron chi connectivity index (χ3n) is 2.82. The number of nitrogens with one attached hydrogen (secondary N) is 1. The highest BCUT2D eigenvalue weighted by molar-refractivity contribution is 9.10. The van der Waals surface area contributed by atoms with Gasteiger partial charge in [-0.1, -0.05) is 28.9 Å². The van der Waals surface area contributed by atoms with Crippen molar-refractivity contribution in [1.82, 2.24) is 5.32 Å². The number of benzene rings is 1. The molecule has 0 fully saturated rings. The Morgan fingerprint density at radius 3 is 2.53 bits per heavy atom. The molecule has 0 aliphatic rings. The molecule has 0 unspecified atom stereocenters. The molecule has 0 atom stereocenters. The lowest BCUT2D eigenvalue weighted by Crippen LogP contribution is -2.31. The van der Waals surface area contributed by atoms with Gasteiger partial charge in [0.1, 0.15) is 0 Å². The van der Waals surface area contributed by atoms with Crippen LogP contribution in [0.1, 0.15) is 32.8 Å². The highest BCUT2D eigenvalue weighted by Crippen LogP contribution is 2.25. The maximum absolute atomic E-state index is 3.65. The minimum Gasteiger partial charge on any atom is -0.369 e. The summed E-state index contributed by atoms with van der Waals surface area (Å²) in [5.41, 5.74) is 2.60. The summed E-state index contributed by atoms with van der Waals surface area (Å²) >= 11 is 3.65. The first kappa shape index (κ1) is 14.5. The van der Waals surface area contributed by atoms with E-state index < -0.39 is 0 Å². The van der Waals surface area contributed by atoms with E-state index in [1.165, 1.54) is 22.1 Å². The summed E-state index contributed by atoms with van der Waals surface area (Å²) in [6.07, 6.45) is 1.17. The number of nitrogens with zero attached hydrogens (tertiary/aromatic N) is 1. The largest absolute Gasteiger partial charge is 0.369 e. The van der Waals surface area contributed by atoms with E-state index in [1.54, 1.807) is 0 Å². The zero-order chi connectivity index (χ0) is 12.8. The van der Waals surface area contributed by atoms with Gasteiger partial charge in [-0.3, -0.25) is 0 Å². The van der Waals surface area contributed by atoms with Crippen LogP contribution in [0.15, 0.2) is 22.7 Å². The molecule has 0 aromatic heterocycles. The Morgan fingerprint density at radius 2 is 2.06 bits per heavy atom. The third-order valence-corrected chi connectivity index (χ3v) is 3.56. The van der Waals surface area contributed by atoms with Crippen LogP contribution in [0.3, 0.4) is 0 Å². The van der Waals surface area contributed by atoms with Crippen molar-refractivity contribution in [1.29, 1.82) is 0 Å². The molecule has 0 saturated heterocycles. The molecular weight excluding hydrogens is 276 g/mol. The van der Waals surface area contributed by atoms with Gasteiger partial charge in [-0.25, -0.2) is 0 Å². The van der Waals surface area contributed by atoms with Gasteiger partial charge in [-0.05, 0) is 45.0 Å². The fraction of sp³-hybridized carbons (Fsp3) is 0.571. The van der Waals surface area contributed by atoms with E-state index in [0.29, 0.717) is 6.04 Å². The van der Waals surface area contributed by atoms with Crippen LogP contribution in [0.4, 0.5) is 5.69 Å². The van der Waals surface area contributed by atoms with Gasteiger partial charge in [0.05, 0.1) is 0 Å². The van der Waals surface area contributed by atoms with Crippen LogP contribution in [0, 0.1) is 0 Å². The second kappa shape index (κ2) is 7.02. The van der Waals surface area contributed by atoms with E-state index in [1.807, 2.05) is 7.05 Å². The molecule has 96 valence electrons. The number of anilines is 1. The van der Waals surface area contributed by atoms with Crippen molar-refractivity contribution in [2.24, 2.45) is 0 Å². The van der Waals surface area contributed by atoms with Crippen molar-refractivity contribution in [2.45, 2.75) is 39.8 Å². The van der Waals surface area contributed by atoms with Gasteiger partial charge < -0.3 is 10.2 Å². The molecule has 0 amide bonds. The topological polar surface area (TPSA) is 15.3 Å². The SMILES string of the molecule is CCCN(c1ccc(CNC)c(Br)c1)C(C)C. The molecule has 3 heteroatoms. The van der Waals surface area contributed by atoms with Gasteiger partial charge in [0, 0.05) is 29.3 Å². The zero-order valence-corrected chi connectivity index (χ0v) is 12.8. The van der Waals surface area contributed by atoms with Crippen LogP contribution in [-0.2, 0) is 6.54 Å². The van der Waals surface area contributed by atoms with Crippen molar-refractivity contribution >= 4 is 21.6 Å². The lowest BCUT2D eigenvalue weighted by Gasteiger charge is -2.29. The van der Waals surface area contributed by atoms with Crippen LogP contribution in [0.5, 0.6) is 0 Å². The predicted molar refractivity (Wildman–Crippen MR) is 79.7 cm³/mol. The van der Waals surface area contributed by atoms with E-state index in [-0.39, 0.29) is 0 Å². The Labute approximate surface area is 114 Å². The summed E-state index contributed by atoms with van der Waals surface area (Å²) in [7, 11) is 1.97. The second-order valence-corrected chi connectivity index (χ2v) is 5.45. The van der Waals surface area contributed by atoms with Crippen LogP contribution in [0.2, 0.25) is 0 Å². The first-order valence-electron chi connectivity index (χ1n) is 6.29. The van der Waals surface area contributed by atoms with Crippen molar-refractivity contribution in [3.63, 3.8) is 0 Å². The summed E-state index contributed by atoms with van der Waals surface area (Å²) in [5.74, 6) is 0. The quantitative estimate of drug-likeness (QED) is 0.859. The van der Waals surface area contributed by atoms with Crippen LogP contribution < -0.4 is 10.2 Å². The van der Waals surface area contributed by atoms with Crippen LogP contribution in [0.25, 0.3) is 0 Å². The fourth-order valence-corrected chi connectivity index (χ4v) is 2.48. The van der Waals surface area contributed by atoms with Gasteiger partial charge in [0.2, 0.25) is 0 Å². The number of halogens is 1. The van der Waals surface area contributed by atoms with Crippen molar-refractivity contribution in [3.8, 4) is 0 Å². The lowest BCUT2D eigenvalue weighted by molar-refractivity contribution is 0.670. The molecular formula is C14H23BrN2. The summed E-state index contributed by atoms with van der Waals surface area (Å²) < 4.78 is 1.19. The molecule has 2 nitrogen and oxygen atoms in total. The van der Waals surface area contributed by atoms with E-state index in [4.69, 9.17) is 0 Å². The Kier molecular flexibility index (Phi) is 6.00. The maximum Gasteiger partial charge on any atom is 0.0380 e. The summed E-state index contributed by atoms with van der Waals surface area (Å²) in [6, 6.07) is 7.17. The van der Waals surface area contributed by atoms with Gasteiger partial charge in [0.15, 0.2) is 0 Å². The third kappa shape index (κ3) is 4.00. The lowest BCUT2D eigenvalue weighted by atomic mass is 10.1. The Morgan fingerprint density at radius 1 is 1.35 bits per heavy atom. The molecule has 17 heavy (non-hydrogen) atoms. The van der Waals surface area contributed by atoms with Crippen molar-refractivity contribution < 1.29 is 0 Å². The molecule has 0 spiro atoms. The molecule has 0 aliphatic heterocycles. The molecule has 1 aromatic carbocycles. The van der Waals surface area contributed by atoms with Crippen molar-refractivity contribution in [2.75, 3.05) is 18.5 Å². The fourth-order valence-electron chi connectivity index (χ4n) is 1.98. The summed E-state index contributed by atoms with van der Waals surface area (Å²) in [5, 5.41) is 3.18. The monoisotopic (exact) mass is 298 g/mol. The molecule has 0 aliphatic carbocycles. The molecule has 1 aromatic rings. The minimum atomic E-state index is 0.539. The van der Waals surface area contributed by atoms with Crippen LogP contribution in [-0.4, -0.2) is 19.6 Å². The maximum atomic E-state index is 3.65. The first-order valence-corrected chi connectivity index (χ1v) is 7.09. The molecule has 0 radical (unpaired) electrons. The molecule has 0 saturated carbocycles. The van der Waals surface area contributed by atoms with Gasteiger partial charge in [-0.2, -0.15) is 0 Å². The summed E-state index contributed by atoms with van der Waals surface area (Å²) in [4.78, 5) is 2.44. The second-order valence-electron chi connectivity index (χ2n) is 4.59. The number of hydrogen-bond acceptors (Lipinski definition) is 2. The minimum absolute atomic E-state index is 0.539. The van der Waals surface area contributed by atoms with Gasteiger partial charge in [0.25, 0.3) is 0 Å². The van der Waals surface area contributed by atoms with E-state index in [0.717, 1.165) is 13.1 Å². The molecule has 0 bridgehead atoms. The Hall–Kier alpha value is -0.540. The van der Waals surface area contributed by atoms with E-state index >= 15 is 0 Å². The number of rotatable bonds is 6. The number of hydrogen-bond donors (Lipinski definition) is 1. The highest BCUT2D eigenvalue weighted by Gasteiger charge is 2.10. The van der Waals surface area contributed by atoms with Crippen molar-refractivity contribution in [3.05, 3.63) is 28.2 Å². The Bertz CT molecular complexity index is 350. The average molecular weight is 299 g/mol. The molecule has 1 N–H and O–H groups in total.